The van der Waals surface area contributed by atoms with Gasteiger partial charge in [-0.25, -0.2) is 4.98 Å². The van der Waals surface area contributed by atoms with Crippen molar-refractivity contribution in [3.05, 3.63) is 12.4 Å². The van der Waals surface area contributed by atoms with Crippen LogP contribution in [-0.2, 0) is 11.3 Å². The SMILES string of the molecule is CCn1ccnc1N1CCOCC1CO. The van der Waals surface area contributed by atoms with Crippen LogP contribution in [0.1, 0.15) is 6.92 Å². The fourth-order valence-electron chi connectivity index (χ4n) is 1.88. The summed E-state index contributed by atoms with van der Waals surface area (Å²) in [6.07, 6.45) is 3.75. The first-order valence-corrected chi connectivity index (χ1v) is 5.33. The Morgan fingerprint density at radius 3 is 3.27 bits per heavy atom. The van der Waals surface area contributed by atoms with E-state index in [1.807, 2.05) is 6.20 Å². The lowest BCUT2D eigenvalue weighted by Gasteiger charge is -2.35. The molecule has 2 heterocycles. The van der Waals surface area contributed by atoms with Gasteiger partial charge in [-0.3, -0.25) is 0 Å². The maximum absolute atomic E-state index is 9.27. The van der Waals surface area contributed by atoms with Gasteiger partial charge in [-0.15, -0.1) is 0 Å². The molecule has 1 aromatic heterocycles. The molecule has 1 aromatic rings. The number of aromatic nitrogens is 2. The smallest absolute Gasteiger partial charge is 0.205 e. The summed E-state index contributed by atoms with van der Waals surface area (Å²) in [5.74, 6) is 0.930. The number of aliphatic hydroxyl groups is 1. The largest absolute Gasteiger partial charge is 0.394 e. The fourth-order valence-corrected chi connectivity index (χ4v) is 1.88. The minimum atomic E-state index is 0.0337. The third-order valence-corrected chi connectivity index (χ3v) is 2.73. The summed E-state index contributed by atoms with van der Waals surface area (Å²) in [6, 6.07) is 0.0337. The van der Waals surface area contributed by atoms with Gasteiger partial charge >= 0.3 is 0 Å². The molecule has 1 aliphatic heterocycles. The Labute approximate surface area is 89.3 Å². The molecule has 5 heteroatoms. The Hall–Kier alpha value is -1.07. The number of imidazole rings is 1. The summed E-state index contributed by atoms with van der Waals surface area (Å²) in [7, 11) is 0. The zero-order chi connectivity index (χ0) is 10.7. The lowest BCUT2D eigenvalue weighted by molar-refractivity contribution is 0.0715. The highest BCUT2D eigenvalue weighted by Gasteiger charge is 2.25. The molecule has 84 valence electrons. The highest BCUT2D eigenvalue weighted by molar-refractivity contribution is 5.33. The average Bonchev–Trinajstić information content (AvgIpc) is 2.76. The van der Waals surface area contributed by atoms with Crippen molar-refractivity contribution in [1.29, 1.82) is 0 Å². The van der Waals surface area contributed by atoms with Crippen molar-refractivity contribution in [3.8, 4) is 0 Å². The molecule has 0 saturated carbocycles. The van der Waals surface area contributed by atoms with E-state index in [0.29, 0.717) is 13.2 Å². The van der Waals surface area contributed by atoms with E-state index < -0.39 is 0 Å². The molecule has 1 atom stereocenters. The molecule has 0 spiro atoms. The molecule has 1 unspecified atom stereocenters. The number of rotatable bonds is 3. The molecule has 5 nitrogen and oxygen atoms in total. The van der Waals surface area contributed by atoms with Crippen LogP contribution in [-0.4, -0.2) is 47.1 Å². The quantitative estimate of drug-likeness (QED) is 0.770. The number of aryl methyl sites for hydroxylation is 1. The summed E-state index contributed by atoms with van der Waals surface area (Å²) in [6.45, 7) is 5.16. The maximum Gasteiger partial charge on any atom is 0.205 e. The molecule has 1 saturated heterocycles. The van der Waals surface area contributed by atoms with Crippen molar-refractivity contribution in [3.63, 3.8) is 0 Å². The zero-order valence-corrected chi connectivity index (χ0v) is 8.96. The van der Waals surface area contributed by atoms with Crippen LogP contribution in [0.3, 0.4) is 0 Å². The minimum absolute atomic E-state index is 0.0337. The molecule has 0 radical (unpaired) electrons. The number of aliphatic hydroxyl groups excluding tert-OH is 1. The first-order chi connectivity index (χ1) is 7.36. The number of nitrogens with zero attached hydrogens (tertiary/aromatic N) is 3. The zero-order valence-electron chi connectivity index (χ0n) is 8.96. The Kier molecular flexibility index (Phi) is 3.23. The second-order valence-electron chi connectivity index (χ2n) is 3.62. The summed E-state index contributed by atoms with van der Waals surface area (Å²) in [4.78, 5) is 6.45. The highest BCUT2D eigenvalue weighted by atomic mass is 16.5. The van der Waals surface area contributed by atoms with Crippen LogP contribution in [0.5, 0.6) is 0 Å². The van der Waals surface area contributed by atoms with Crippen molar-refractivity contribution in [2.75, 3.05) is 31.3 Å². The van der Waals surface area contributed by atoms with Crippen molar-refractivity contribution < 1.29 is 9.84 Å². The predicted octanol–water partition coefficient (Wildman–Crippen LogP) is 0.100. The number of hydrogen-bond donors (Lipinski definition) is 1. The standard InChI is InChI=1S/C10H17N3O2/c1-2-12-4-3-11-10(12)13-5-6-15-8-9(13)7-14/h3-4,9,14H,2,5-8H2,1H3. The van der Waals surface area contributed by atoms with E-state index in [0.717, 1.165) is 19.0 Å². The van der Waals surface area contributed by atoms with E-state index in [2.05, 4.69) is 21.4 Å². The highest BCUT2D eigenvalue weighted by Crippen LogP contribution is 2.17. The number of hydrogen-bond acceptors (Lipinski definition) is 4. The van der Waals surface area contributed by atoms with Crippen molar-refractivity contribution >= 4 is 5.95 Å². The van der Waals surface area contributed by atoms with Gasteiger partial charge < -0.3 is 19.3 Å². The molecule has 15 heavy (non-hydrogen) atoms. The van der Waals surface area contributed by atoms with E-state index in [9.17, 15) is 5.11 Å². The number of morpholine rings is 1. The molecule has 1 N–H and O–H groups in total. The molecule has 0 amide bonds. The molecule has 0 aliphatic carbocycles. The number of anilines is 1. The lowest BCUT2D eigenvalue weighted by atomic mass is 10.2. The van der Waals surface area contributed by atoms with E-state index in [4.69, 9.17) is 4.74 Å². The Balaban J connectivity index is 2.20. The number of ether oxygens (including phenoxy) is 1. The van der Waals surface area contributed by atoms with Crippen LogP contribution >= 0.6 is 0 Å². The first kappa shape index (κ1) is 10.4. The van der Waals surface area contributed by atoms with Crippen LogP contribution in [0, 0.1) is 0 Å². The van der Waals surface area contributed by atoms with Crippen molar-refractivity contribution in [2.45, 2.75) is 19.5 Å². The van der Waals surface area contributed by atoms with Crippen molar-refractivity contribution in [1.82, 2.24) is 9.55 Å². The third-order valence-electron chi connectivity index (χ3n) is 2.73. The van der Waals surface area contributed by atoms with Gasteiger partial charge in [0.15, 0.2) is 0 Å². The Bertz CT molecular complexity index is 313. The molecule has 1 aliphatic rings. The Morgan fingerprint density at radius 2 is 2.53 bits per heavy atom. The van der Waals surface area contributed by atoms with Gasteiger partial charge in [0.05, 0.1) is 25.9 Å². The molecule has 0 aromatic carbocycles. The van der Waals surface area contributed by atoms with Crippen LogP contribution in [0.15, 0.2) is 12.4 Å². The molecule has 0 bridgehead atoms. The first-order valence-electron chi connectivity index (χ1n) is 5.33. The lowest BCUT2D eigenvalue weighted by Crippen LogP contribution is -2.48. The van der Waals surface area contributed by atoms with Crippen LogP contribution in [0.2, 0.25) is 0 Å². The third kappa shape index (κ3) is 1.98. The van der Waals surface area contributed by atoms with Crippen LogP contribution < -0.4 is 4.90 Å². The minimum Gasteiger partial charge on any atom is -0.394 e. The van der Waals surface area contributed by atoms with Gasteiger partial charge in [-0.2, -0.15) is 0 Å². The van der Waals surface area contributed by atoms with Gasteiger partial charge in [0.2, 0.25) is 5.95 Å². The topological polar surface area (TPSA) is 50.5 Å². The van der Waals surface area contributed by atoms with E-state index in [-0.39, 0.29) is 12.6 Å². The average molecular weight is 211 g/mol. The summed E-state index contributed by atoms with van der Waals surface area (Å²) in [5, 5.41) is 9.27. The van der Waals surface area contributed by atoms with E-state index in [1.54, 1.807) is 6.20 Å². The molecular weight excluding hydrogens is 194 g/mol. The predicted molar refractivity (Wildman–Crippen MR) is 56.9 cm³/mol. The van der Waals surface area contributed by atoms with Gasteiger partial charge in [0.25, 0.3) is 0 Å². The summed E-state index contributed by atoms with van der Waals surface area (Å²) in [5.41, 5.74) is 0. The van der Waals surface area contributed by atoms with Gasteiger partial charge in [0.1, 0.15) is 0 Å². The molecular formula is C10H17N3O2. The van der Waals surface area contributed by atoms with Crippen LogP contribution in [0.25, 0.3) is 0 Å². The maximum atomic E-state index is 9.27. The Morgan fingerprint density at radius 1 is 1.67 bits per heavy atom. The molecule has 2 rings (SSSR count). The van der Waals surface area contributed by atoms with E-state index in [1.165, 1.54) is 0 Å². The fraction of sp³-hybridized carbons (Fsp3) is 0.700. The van der Waals surface area contributed by atoms with Gasteiger partial charge in [-0.1, -0.05) is 0 Å². The van der Waals surface area contributed by atoms with Crippen LogP contribution in [0.4, 0.5) is 5.95 Å². The summed E-state index contributed by atoms with van der Waals surface area (Å²) < 4.78 is 7.41. The van der Waals surface area contributed by atoms with Crippen molar-refractivity contribution in [2.24, 2.45) is 0 Å². The summed E-state index contributed by atoms with van der Waals surface area (Å²) >= 11 is 0. The van der Waals surface area contributed by atoms with Gasteiger partial charge in [-0.05, 0) is 6.92 Å². The second kappa shape index (κ2) is 4.63. The monoisotopic (exact) mass is 211 g/mol. The molecule has 1 fully saturated rings. The van der Waals surface area contributed by atoms with Gasteiger partial charge in [0, 0.05) is 25.5 Å². The van der Waals surface area contributed by atoms with E-state index >= 15 is 0 Å². The second-order valence-corrected chi connectivity index (χ2v) is 3.62. The normalized spacial score (nSPS) is 22.0.